The fraction of sp³-hybridized carbons (Fsp3) is 0.160. The molecule has 1 N–H and O–H groups in total. The maximum atomic E-state index is 12.6. The number of ketones is 1. The van der Waals surface area contributed by atoms with E-state index in [0.29, 0.717) is 20.8 Å². The van der Waals surface area contributed by atoms with Crippen molar-refractivity contribution in [2.45, 2.75) is 20.8 Å². The topological polar surface area (TPSA) is 165 Å². The maximum Gasteiger partial charge on any atom is 0.345 e. The number of allylic oxidation sites excluding steroid dienone is 1. The molecule has 3 aromatic heterocycles. The van der Waals surface area contributed by atoms with Crippen LogP contribution in [0.25, 0.3) is 27.8 Å². The van der Waals surface area contributed by atoms with Crippen molar-refractivity contribution in [3.05, 3.63) is 77.4 Å². The smallest absolute Gasteiger partial charge is 0.345 e. The molecular formula is C25H18N4O7S2. The molecule has 0 bridgehead atoms. The maximum absolute atomic E-state index is 12.6. The Morgan fingerprint density at radius 3 is 2.76 bits per heavy atom. The minimum Gasteiger partial charge on any atom is -0.462 e. The molecule has 0 spiro atoms. The summed E-state index contributed by atoms with van der Waals surface area (Å²) in [6, 6.07) is 7.36. The van der Waals surface area contributed by atoms with E-state index in [1.165, 1.54) is 37.4 Å². The van der Waals surface area contributed by atoms with Crippen LogP contribution in [0, 0.1) is 28.4 Å². The Labute approximate surface area is 222 Å². The van der Waals surface area contributed by atoms with Gasteiger partial charge in [0.05, 0.1) is 33.2 Å². The van der Waals surface area contributed by atoms with Gasteiger partial charge in [-0.3, -0.25) is 14.9 Å². The van der Waals surface area contributed by atoms with Gasteiger partial charge < -0.3 is 14.5 Å². The predicted octanol–water partition coefficient (Wildman–Crippen LogP) is 5.55. The van der Waals surface area contributed by atoms with Gasteiger partial charge in [0.25, 0.3) is 5.69 Å². The molecule has 1 aromatic carbocycles. The number of thiophene rings is 1. The summed E-state index contributed by atoms with van der Waals surface area (Å²) in [5.74, 6) is -0.803. The van der Waals surface area contributed by atoms with Crippen LogP contribution in [0.4, 0.5) is 10.7 Å². The number of Topliss-reactive ketones (excluding diaryl/α,β-unsaturated/α-hetero) is 1. The van der Waals surface area contributed by atoms with Gasteiger partial charge in [-0.05, 0) is 38.5 Å². The summed E-state index contributed by atoms with van der Waals surface area (Å²) >= 11 is 2.16. The SMILES string of the molecule is CCOC(=O)c1c(N/C=C(/C#N)c2nc(-c3cc4cc([N+](=O)[O-])ccc4oc3=O)cs2)sc(C(C)=O)c1C. The zero-order chi connectivity index (χ0) is 27.6. The number of hydrogen-bond acceptors (Lipinski definition) is 12. The number of ether oxygens (including phenoxy) is 1. The molecule has 4 rings (SSSR count). The summed E-state index contributed by atoms with van der Waals surface area (Å²) in [4.78, 5) is 52.4. The van der Waals surface area contributed by atoms with E-state index in [4.69, 9.17) is 9.15 Å². The Balaban J connectivity index is 1.69. The number of fused-ring (bicyclic) bond motifs is 1. The monoisotopic (exact) mass is 550 g/mol. The summed E-state index contributed by atoms with van der Waals surface area (Å²) in [7, 11) is 0. The van der Waals surface area contributed by atoms with Crippen LogP contribution in [0.5, 0.6) is 0 Å². The molecule has 0 fully saturated rings. The number of non-ortho nitro benzene ring substituents is 1. The highest BCUT2D eigenvalue weighted by Gasteiger charge is 2.24. The van der Waals surface area contributed by atoms with Crippen molar-refractivity contribution >= 4 is 61.7 Å². The van der Waals surface area contributed by atoms with Crippen molar-refractivity contribution in [3.63, 3.8) is 0 Å². The lowest BCUT2D eigenvalue weighted by atomic mass is 10.1. The third kappa shape index (κ3) is 5.08. The van der Waals surface area contributed by atoms with Gasteiger partial charge >= 0.3 is 11.6 Å². The second-order valence-electron chi connectivity index (χ2n) is 7.82. The molecule has 4 aromatic rings. The quantitative estimate of drug-likeness (QED) is 0.0734. The van der Waals surface area contributed by atoms with Crippen LogP contribution < -0.4 is 10.9 Å². The van der Waals surface area contributed by atoms with E-state index >= 15 is 0 Å². The largest absolute Gasteiger partial charge is 0.462 e. The Bertz CT molecular complexity index is 1740. The summed E-state index contributed by atoms with van der Waals surface area (Å²) in [6.45, 7) is 4.87. The number of rotatable bonds is 8. The number of nitro benzene ring substituents is 1. The molecule has 0 aliphatic rings. The lowest BCUT2D eigenvalue weighted by Crippen LogP contribution is -2.08. The van der Waals surface area contributed by atoms with E-state index < -0.39 is 16.5 Å². The summed E-state index contributed by atoms with van der Waals surface area (Å²) in [5, 5.41) is 26.3. The van der Waals surface area contributed by atoms with E-state index in [1.54, 1.807) is 19.2 Å². The van der Waals surface area contributed by atoms with Crippen molar-refractivity contribution in [2.75, 3.05) is 11.9 Å². The fourth-order valence-electron chi connectivity index (χ4n) is 3.60. The Kier molecular flexibility index (Phi) is 7.47. The fourth-order valence-corrected chi connectivity index (χ4v) is 5.45. The molecule has 0 saturated carbocycles. The first kappa shape index (κ1) is 26.4. The number of nitrogens with one attached hydrogen (secondary N) is 1. The second-order valence-corrected chi connectivity index (χ2v) is 9.69. The Hall–Kier alpha value is -4.67. The van der Waals surface area contributed by atoms with Gasteiger partial charge in [0.1, 0.15) is 27.2 Å². The van der Waals surface area contributed by atoms with Gasteiger partial charge in [0.2, 0.25) is 0 Å². The second kappa shape index (κ2) is 10.8. The zero-order valence-electron chi connectivity index (χ0n) is 20.2. The Morgan fingerprint density at radius 2 is 2.11 bits per heavy atom. The average molecular weight is 551 g/mol. The van der Waals surface area contributed by atoms with Gasteiger partial charge in [-0.2, -0.15) is 5.26 Å². The lowest BCUT2D eigenvalue weighted by molar-refractivity contribution is -0.384. The van der Waals surface area contributed by atoms with E-state index in [1.807, 2.05) is 6.07 Å². The first-order valence-corrected chi connectivity index (χ1v) is 12.7. The van der Waals surface area contributed by atoms with Gasteiger partial charge in [0, 0.05) is 29.1 Å². The van der Waals surface area contributed by atoms with Crippen molar-refractivity contribution in [1.82, 2.24) is 4.98 Å². The first-order chi connectivity index (χ1) is 18.1. The van der Waals surface area contributed by atoms with E-state index in [0.717, 1.165) is 22.7 Å². The molecule has 0 amide bonds. The summed E-state index contributed by atoms with van der Waals surface area (Å²) in [5.41, 5.74) is 0.447. The minimum atomic E-state index is -0.686. The van der Waals surface area contributed by atoms with E-state index in [9.17, 15) is 29.8 Å². The summed E-state index contributed by atoms with van der Waals surface area (Å²) < 4.78 is 10.4. The zero-order valence-corrected chi connectivity index (χ0v) is 21.8. The number of benzene rings is 1. The molecular weight excluding hydrogens is 532 g/mol. The van der Waals surface area contributed by atoms with Crippen LogP contribution in [-0.4, -0.2) is 28.3 Å². The number of carbonyl (C=O) groups is 2. The molecule has 0 saturated heterocycles. The number of nitriles is 1. The lowest BCUT2D eigenvalue weighted by Gasteiger charge is -2.05. The molecule has 0 aliphatic heterocycles. The highest BCUT2D eigenvalue weighted by molar-refractivity contribution is 7.18. The minimum absolute atomic E-state index is 0.0790. The van der Waals surface area contributed by atoms with Gasteiger partial charge in [-0.1, -0.05) is 0 Å². The van der Waals surface area contributed by atoms with Crippen LogP contribution in [-0.2, 0) is 4.74 Å². The normalized spacial score (nSPS) is 11.3. The molecule has 0 unspecified atom stereocenters. The van der Waals surface area contributed by atoms with Gasteiger partial charge in [-0.15, -0.1) is 22.7 Å². The number of aromatic nitrogens is 1. The third-order valence-electron chi connectivity index (χ3n) is 5.35. The standard InChI is InChI=1S/C25H18N4O7S2/c1-4-35-25(32)20-12(2)21(13(3)30)38-23(20)27-10-15(9-26)22-28-18(11-37-22)17-8-14-7-16(29(33)34)5-6-19(14)36-24(17)31/h5-8,10-11,27H,4H2,1-3H3/b15-10-. The van der Waals surface area contributed by atoms with Crippen molar-refractivity contribution < 1.29 is 23.7 Å². The van der Waals surface area contributed by atoms with Gasteiger partial charge in [0.15, 0.2) is 5.78 Å². The van der Waals surface area contributed by atoms with Crippen LogP contribution in [0.15, 0.2) is 45.1 Å². The highest BCUT2D eigenvalue weighted by Crippen LogP contribution is 2.35. The number of thiazole rings is 1. The molecule has 11 nitrogen and oxygen atoms in total. The number of nitrogens with zero attached hydrogens (tertiary/aromatic N) is 3. The molecule has 3 heterocycles. The molecule has 192 valence electrons. The molecule has 0 aliphatic carbocycles. The molecule has 13 heteroatoms. The predicted molar refractivity (Wildman–Crippen MR) is 142 cm³/mol. The summed E-state index contributed by atoms with van der Waals surface area (Å²) in [6.07, 6.45) is 1.35. The molecule has 38 heavy (non-hydrogen) atoms. The van der Waals surface area contributed by atoms with Crippen LogP contribution in [0.1, 0.15) is 44.4 Å². The number of esters is 1. The van der Waals surface area contributed by atoms with Crippen LogP contribution in [0.2, 0.25) is 0 Å². The van der Waals surface area contributed by atoms with E-state index in [-0.39, 0.29) is 51.1 Å². The average Bonchev–Trinajstić information content (AvgIpc) is 3.48. The number of nitro groups is 1. The third-order valence-corrected chi connectivity index (χ3v) is 7.55. The molecule has 0 atom stereocenters. The van der Waals surface area contributed by atoms with Crippen molar-refractivity contribution in [1.29, 1.82) is 5.26 Å². The number of anilines is 1. The van der Waals surface area contributed by atoms with Crippen molar-refractivity contribution in [3.8, 4) is 17.3 Å². The van der Waals surface area contributed by atoms with Gasteiger partial charge in [-0.25, -0.2) is 14.6 Å². The van der Waals surface area contributed by atoms with Crippen molar-refractivity contribution in [2.24, 2.45) is 0 Å². The van der Waals surface area contributed by atoms with Crippen LogP contribution in [0.3, 0.4) is 0 Å². The first-order valence-electron chi connectivity index (χ1n) is 11.0. The van der Waals surface area contributed by atoms with Crippen LogP contribution >= 0.6 is 22.7 Å². The number of hydrogen-bond donors (Lipinski definition) is 1. The van der Waals surface area contributed by atoms with E-state index in [2.05, 4.69) is 10.3 Å². The highest BCUT2D eigenvalue weighted by atomic mass is 32.1. The molecule has 0 radical (unpaired) electrons. The Morgan fingerprint density at radius 1 is 1.34 bits per heavy atom. The number of carbonyl (C=O) groups excluding carboxylic acids is 2.